The number of carboxylic acid groups (broad SMARTS) is 1. The van der Waals surface area contributed by atoms with Gasteiger partial charge in [-0.2, -0.15) is 0 Å². The van der Waals surface area contributed by atoms with Gasteiger partial charge in [-0.25, -0.2) is 0 Å². The van der Waals surface area contributed by atoms with E-state index in [2.05, 4.69) is 0 Å². The first-order valence-corrected chi connectivity index (χ1v) is 11.1. The zero-order valence-corrected chi connectivity index (χ0v) is 13.4. The molecule has 2 nitrogen and oxygen atoms in total. The fraction of sp³-hybridized carbons (Fsp3) is 0.111. The van der Waals surface area contributed by atoms with E-state index in [1.54, 1.807) is 17.5 Å². The molecule has 1 rings (SSSR count). The van der Waals surface area contributed by atoms with E-state index in [9.17, 15) is 4.79 Å². The molecule has 1 aromatic rings. The molecule has 0 atom stereocenters. The Morgan fingerprint density at radius 3 is 2.85 bits per heavy atom. The van der Waals surface area contributed by atoms with Crippen LogP contribution in [0.15, 0.2) is 24.3 Å². The molecule has 1 aromatic carbocycles. The molecule has 0 fully saturated rings. The van der Waals surface area contributed by atoms with E-state index >= 15 is 0 Å². The van der Waals surface area contributed by atoms with E-state index in [-0.39, 0.29) is 0 Å². The molecule has 0 aliphatic rings. The summed E-state index contributed by atoms with van der Waals surface area (Å²) in [6, 6.07) is 7.24. The van der Waals surface area contributed by atoms with Crippen LogP contribution in [0.3, 0.4) is 0 Å². The zero-order chi connectivity index (χ0) is 9.68. The van der Waals surface area contributed by atoms with Crippen molar-refractivity contribution in [2.24, 2.45) is 0 Å². The molecule has 0 amide bonds. The number of hydrogen-bond acceptors (Lipinski definition) is 2. The Morgan fingerprint density at radius 2 is 2.23 bits per heavy atom. The predicted molar refractivity (Wildman–Crippen MR) is 51.5 cm³/mol. The molecule has 0 unspecified atom stereocenters. The molecule has 1 N–H and O–H groups in total. The molecule has 0 spiro atoms. The second-order valence-corrected chi connectivity index (χ2v) is 10.2. The van der Waals surface area contributed by atoms with Crippen LogP contribution in [0, 0.1) is 0 Å². The quantitative estimate of drug-likeness (QED) is 0.635. The molecular formula is C9H8HgO2S. The molecule has 0 heterocycles. The fourth-order valence-electron chi connectivity index (χ4n) is 1.16. The topological polar surface area (TPSA) is 37.3 Å². The molecule has 64 valence electrons. The van der Waals surface area contributed by atoms with Gasteiger partial charge in [0.15, 0.2) is 0 Å². The van der Waals surface area contributed by atoms with Crippen molar-refractivity contribution < 1.29 is 34.5 Å². The summed E-state index contributed by atoms with van der Waals surface area (Å²) in [6.07, 6.45) is 0. The summed E-state index contributed by atoms with van der Waals surface area (Å²) < 4.78 is 2.02. The van der Waals surface area contributed by atoms with Gasteiger partial charge in [-0.15, -0.1) is 0 Å². The predicted octanol–water partition coefficient (Wildman–Crippen LogP) is 1.51. The van der Waals surface area contributed by atoms with E-state index in [1.807, 2.05) is 12.1 Å². The third-order valence-electron chi connectivity index (χ3n) is 1.78. The fourth-order valence-corrected chi connectivity index (χ4v) is 7.13. The second-order valence-electron chi connectivity index (χ2n) is 2.67. The molecule has 4 heteroatoms. The maximum absolute atomic E-state index is 10.8. The summed E-state index contributed by atoms with van der Waals surface area (Å²) in [4.78, 5) is 10.8. The van der Waals surface area contributed by atoms with Crippen LogP contribution in [-0.4, -0.2) is 16.4 Å². The van der Waals surface area contributed by atoms with Gasteiger partial charge in [0.1, 0.15) is 0 Å². The molecule has 0 aromatic heterocycles. The van der Waals surface area contributed by atoms with E-state index in [1.165, 1.54) is 0 Å². The summed E-state index contributed by atoms with van der Waals surface area (Å²) in [5, 5.41) is 10.6. The van der Waals surface area contributed by atoms with Gasteiger partial charge < -0.3 is 0 Å². The van der Waals surface area contributed by atoms with Crippen LogP contribution in [0.4, 0.5) is 0 Å². The number of rotatable bonds is 4. The van der Waals surface area contributed by atoms with Gasteiger partial charge in [0.05, 0.1) is 0 Å². The summed E-state index contributed by atoms with van der Waals surface area (Å²) in [7, 11) is 0. The number of hydrogen-bond donors (Lipinski definition) is 1. The first-order chi connectivity index (χ1) is 6.25. The molecule has 0 aliphatic carbocycles. The van der Waals surface area contributed by atoms with E-state index < -0.39 is 30.5 Å². The number of carboxylic acids is 1. The van der Waals surface area contributed by atoms with Crippen LogP contribution in [0.1, 0.15) is 10.4 Å². The van der Waals surface area contributed by atoms with Gasteiger partial charge in [-0.05, 0) is 0 Å². The van der Waals surface area contributed by atoms with Crippen LogP contribution >= 0.6 is 12.2 Å². The molecular weight excluding hydrogens is 373 g/mol. The van der Waals surface area contributed by atoms with E-state index in [0.717, 1.165) is 7.00 Å². The Kier molecular flexibility index (Phi) is 4.52. The summed E-state index contributed by atoms with van der Waals surface area (Å²) >= 11 is 3.49. The number of carbonyl (C=O) groups is 1. The first-order valence-electron chi connectivity index (χ1n) is 4.00. The Morgan fingerprint density at radius 1 is 1.54 bits per heavy atom. The normalized spacial score (nSPS) is 8.92. The zero-order valence-electron chi connectivity index (χ0n) is 7.06. The van der Waals surface area contributed by atoms with Gasteiger partial charge in [-0.1, -0.05) is 0 Å². The molecule has 0 saturated carbocycles. The standard InChI is InChI=1S/C7H5O2.C2H3S.Hg/c8-7(9)6-4-2-1-3-5-6;1-2-3;/h1-4H,(H,8,9);2H,1H2;. The van der Waals surface area contributed by atoms with Crippen LogP contribution in [0.2, 0.25) is 3.93 Å². The van der Waals surface area contributed by atoms with E-state index in [4.69, 9.17) is 17.3 Å². The average molecular weight is 381 g/mol. The van der Waals surface area contributed by atoms with Gasteiger partial charge in [0.2, 0.25) is 0 Å². The van der Waals surface area contributed by atoms with Gasteiger partial charge in [-0.3, -0.25) is 0 Å². The Balaban J connectivity index is 2.90. The van der Waals surface area contributed by atoms with Crippen LogP contribution < -0.4 is 3.07 Å². The first kappa shape index (κ1) is 10.8. The average Bonchev–Trinajstić information content (AvgIpc) is 2.15. The molecule has 0 saturated heterocycles. The SMILES string of the molecule is O=C(O)c1cccc[c]1[Hg][CH2]C=S. The van der Waals surface area contributed by atoms with Crippen LogP contribution in [-0.2, 0) is 24.6 Å². The number of aromatic carboxylic acids is 1. The molecule has 13 heavy (non-hydrogen) atoms. The van der Waals surface area contributed by atoms with Gasteiger partial charge >= 0.3 is 94.9 Å². The third kappa shape index (κ3) is 3.16. The molecule has 0 bridgehead atoms. The van der Waals surface area contributed by atoms with E-state index in [0.29, 0.717) is 5.56 Å². The Bertz CT molecular complexity index is 325. The molecule has 0 aliphatic heterocycles. The van der Waals surface area contributed by atoms with Crippen LogP contribution in [0.5, 0.6) is 0 Å². The van der Waals surface area contributed by atoms with Crippen molar-refractivity contribution in [1.29, 1.82) is 0 Å². The minimum absolute atomic E-state index is 0.473. The third-order valence-corrected chi connectivity index (χ3v) is 10.4. The van der Waals surface area contributed by atoms with Crippen molar-refractivity contribution in [2.75, 3.05) is 0 Å². The minimum atomic E-state index is -1.26. The van der Waals surface area contributed by atoms with Crippen molar-refractivity contribution in [3.05, 3.63) is 29.8 Å². The van der Waals surface area contributed by atoms with Crippen LogP contribution in [0.25, 0.3) is 0 Å². The van der Waals surface area contributed by atoms with Crippen molar-refractivity contribution in [2.45, 2.75) is 3.93 Å². The Labute approximate surface area is 94.4 Å². The Hall–Kier alpha value is -0.285. The number of benzene rings is 1. The van der Waals surface area contributed by atoms with Crippen molar-refractivity contribution in [3.63, 3.8) is 0 Å². The monoisotopic (exact) mass is 382 g/mol. The summed E-state index contributed by atoms with van der Waals surface area (Å²) in [6.45, 7) is 0. The second kappa shape index (κ2) is 5.45. The van der Waals surface area contributed by atoms with Crippen molar-refractivity contribution >= 4 is 26.6 Å². The number of thiocarbonyl (C=S) groups is 1. The van der Waals surface area contributed by atoms with Crippen molar-refractivity contribution in [1.82, 2.24) is 0 Å². The summed E-state index contributed by atoms with van der Waals surface area (Å²) in [5.74, 6) is -0.819. The van der Waals surface area contributed by atoms with Crippen molar-refractivity contribution in [3.8, 4) is 0 Å². The van der Waals surface area contributed by atoms with Gasteiger partial charge in [0.25, 0.3) is 0 Å². The summed E-state index contributed by atoms with van der Waals surface area (Å²) in [5.41, 5.74) is 0.473. The molecule has 0 radical (unpaired) electrons. The maximum atomic E-state index is 10.8. The van der Waals surface area contributed by atoms with Gasteiger partial charge in [0, 0.05) is 0 Å².